The van der Waals surface area contributed by atoms with Gasteiger partial charge < -0.3 is 9.84 Å². The zero-order valence-electron chi connectivity index (χ0n) is 8.66. The fourth-order valence-corrected chi connectivity index (χ4v) is 2.12. The first kappa shape index (κ1) is 9.53. The average molecular weight is 192 g/mol. The van der Waals surface area contributed by atoms with E-state index in [9.17, 15) is 5.11 Å². The van der Waals surface area contributed by atoms with Crippen molar-refractivity contribution in [3.05, 3.63) is 29.8 Å². The molecule has 1 heterocycles. The lowest BCUT2D eigenvalue weighted by Gasteiger charge is -2.36. The molecule has 0 amide bonds. The van der Waals surface area contributed by atoms with E-state index in [0.29, 0.717) is 0 Å². The lowest BCUT2D eigenvalue weighted by atomic mass is 9.85. The minimum absolute atomic E-state index is 0.165. The molecule has 76 valence electrons. The van der Waals surface area contributed by atoms with Crippen molar-refractivity contribution in [3.63, 3.8) is 0 Å². The Labute approximate surface area is 84.5 Å². The van der Waals surface area contributed by atoms with E-state index in [1.54, 1.807) is 0 Å². The summed E-state index contributed by atoms with van der Waals surface area (Å²) in [6.07, 6.45) is 0.876. The molecular formula is C12H16O2. The molecule has 1 aromatic carbocycles. The van der Waals surface area contributed by atoms with Crippen molar-refractivity contribution in [2.24, 2.45) is 0 Å². The Balaban J connectivity index is 2.41. The zero-order valence-corrected chi connectivity index (χ0v) is 8.66. The third-order valence-corrected chi connectivity index (χ3v) is 2.70. The molecule has 1 unspecified atom stereocenters. The molecule has 0 bridgehead atoms. The van der Waals surface area contributed by atoms with Gasteiger partial charge in [-0.2, -0.15) is 0 Å². The van der Waals surface area contributed by atoms with Crippen LogP contribution in [0.5, 0.6) is 5.75 Å². The van der Waals surface area contributed by atoms with E-state index >= 15 is 0 Å². The highest BCUT2D eigenvalue weighted by atomic mass is 16.5. The summed E-state index contributed by atoms with van der Waals surface area (Å²) in [5.74, 6) is 1.14. The van der Waals surface area contributed by atoms with Gasteiger partial charge in [-0.3, -0.25) is 0 Å². The Morgan fingerprint density at radius 3 is 2.86 bits per heavy atom. The number of hydrogen-bond donors (Lipinski definition) is 1. The van der Waals surface area contributed by atoms with Crippen molar-refractivity contribution in [3.8, 4) is 5.75 Å². The van der Waals surface area contributed by atoms with Gasteiger partial charge in [-0.15, -0.1) is 0 Å². The van der Waals surface area contributed by atoms with Crippen molar-refractivity contribution in [2.45, 2.75) is 31.8 Å². The number of benzene rings is 1. The Kier molecular flexibility index (Phi) is 2.23. The van der Waals surface area contributed by atoms with Gasteiger partial charge in [0.25, 0.3) is 0 Å². The van der Waals surface area contributed by atoms with Crippen LogP contribution >= 0.6 is 0 Å². The Morgan fingerprint density at radius 2 is 2.14 bits per heavy atom. The first-order valence-corrected chi connectivity index (χ1v) is 5.01. The standard InChI is InChI=1S/C12H16O2/c1-12(2)7-9(8-13)10-5-3-4-6-11(10)14-12/h3-6,9,13H,7-8H2,1-2H3. The monoisotopic (exact) mass is 192 g/mol. The second-order valence-electron chi connectivity index (χ2n) is 4.48. The number of ether oxygens (including phenoxy) is 1. The van der Waals surface area contributed by atoms with Crippen LogP contribution in [0.15, 0.2) is 24.3 Å². The zero-order chi connectivity index (χ0) is 10.2. The number of rotatable bonds is 1. The molecule has 14 heavy (non-hydrogen) atoms. The SMILES string of the molecule is CC1(C)CC(CO)c2ccccc2O1. The molecule has 1 aliphatic rings. The van der Waals surface area contributed by atoms with E-state index < -0.39 is 0 Å². The summed E-state index contributed by atoms with van der Waals surface area (Å²) in [4.78, 5) is 0. The lowest BCUT2D eigenvalue weighted by molar-refractivity contribution is 0.0596. The van der Waals surface area contributed by atoms with Gasteiger partial charge in [-0.05, 0) is 31.9 Å². The van der Waals surface area contributed by atoms with Crippen LogP contribution in [0, 0.1) is 0 Å². The maximum atomic E-state index is 9.31. The minimum Gasteiger partial charge on any atom is -0.488 e. The summed E-state index contributed by atoms with van der Waals surface area (Å²) in [7, 11) is 0. The van der Waals surface area contributed by atoms with Crippen molar-refractivity contribution < 1.29 is 9.84 Å². The van der Waals surface area contributed by atoms with Crippen molar-refractivity contribution in [2.75, 3.05) is 6.61 Å². The van der Waals surface area contributed by atoms with Gasteiger partial charge in [0.15, 0.2) is 0 Å². The molecule has 1 N–H and O–H groups in total. The third kappa shape index (κ3) is 1.62. The second kappa shape index (κ2) is 3.28. The first-order chi connectivity index (χ1) is 6.62. The lowest BCUT2D eigenvalue weighted by Crippen LogP contribution is -2.35. The molecule has 0 spiro atoms. The number of para-hydroxylation sites is 1. The number of hydrogen-bond acceptors (Lipinski definition) is 2. The summed E-state index contributed by atoms with van der Waals surface area (Å²) in [5.41, 5.74) is 0.969. The fraction of sp³-hybridized carbons (Fsp3) is 0.500. The van der Waals surface area contributed by atoms with Crippen molar-refractivity contribution in [1.82, 2.24) is 0 Å². The van der Waals surface area contributed by atoms with Gasteiger partial charge in [-0.1, -0.05) is 18.2 Å². The van der Waals surface area contributed by atoms with Crippen molar-refractivity contribution in [1.29, 1.82) is 0 Å². The normalized spacial score (nSPS) is 23.8. The highest BCUT2D eigenvalue weighted by Crippen LogP contribution is 2.40. The van der Waals surface area contributed by atoms with Crippen LogP contribution in [0.25, 0.3) is 0 Å². The molecule has 2 nitrogen and oxygen atoms in total. The molecule has 2 rings (SSSR count). The number of fused-ring (bicyclic) bond motifs is 1. The topological polar surface area (TPSA) is 29.5 Å². The first-order valence-electron chi connectivity index (χ1n) is 5.01. The van der Waals surface area contributed by atoms with E-state index in [1.165, 1.54) is 0 Å². The highest BCUT2D eigenvalue weighted by molar-refractivity contribution is 5.39. The molecule has 0 radical (unpaired) electrons. The number of aliphatic hydroxyl groups excluding tert-OH is 1. The fourth-order valence-electron chi connectivity index (χ4n) is 2.12. The highest BCUT2D eigenvalue weighted by Gasteiger charge is 2.32. The smallest absolute Gasteiger partial charge is 0.123 e. The van der Waals surface area contributed by atoms with Gasteiger partial charge in [-0.25, -0.2) is 0 Å². The summed E-state index contributed by atoms with van der Waals surface area (Å²) in [6.45, 7) is 4.32. The molecule has 1 aliphatic heterocycles. The van der Waals surface area contributed by atoms with Crippen molar-refractivity contribution >= 4 is 0 Å². The molecule has 1 aromatic rings. The predicted octanol–water partition coefficient (Wildman–Crippen LogP) is 2.32. The van der Waals surface area contributed by atoms with E-state index in [-0.39, 0.29) is 18.1 Å². The molecule has 0 saturated heterocycles. The quantitative estimate of drug-likeness (QED) is 0.740. The maximum Gasteiger partial charge on any atom is 0.123 e. The summed E-state index contributed by atoms with van der Waals surface area (Å²) in [6, 6.07) is 7.96. The predicted molar refractivity (Wildman–Crippen MR) is 55.6 cm³/mol. The molecule has 2 heteroatoms. The Bertz CT molecular complexity index is 331. The summed E-state index contributed by atoms with van der Waals surface area (Å²) < 4.78 is 5.84. The summed E-state index contributed by atoms with van der Waals surface area (Å²) >= 11 is 0. The van der Waals surface area contributed by atoms with Crippen LogP contribution in [0.1, 0.15) is 31.7 Å². The number of aliphatic hydroxyl groups is 1. The maximum absolute atomic E-state index is 9.31. The average Bonchev–Trinajstić information content (AvgIpc) is 2.15. The van der Waals surface area contributed by atoms with Gasteiger partial charge in [0.2, 0.25) is 0 Å². The molecular weight excluding hydrogens is 176 g/mol. The van der Waals surface area contributed by atoms with Gasteiger partial charge in [0.1, 0.15) is 11.4 Å². The molecule has 1 atom stereocenters. The molecule has 0 saturated carbocycles. The van der Waals surface area contributed by atoms with E-state index in [0.717, 1.165) is 17.7 Å². The van der Waals surface area contributed by atoms with Gasteiger partial charge in [0.05, 0.1) is 6.61 Å². The van der Waals surface area contributed by atoms with Crippen LogP contribution < -0.4 is 4.74 Å². The van der Waals surface area contributed by atoms with E-state index in [4.69, 9.17) is 4.74 Å². The molecule has 0 aliphatic carbocycles. The second-order valence-corrected chi connectivity index (χ2v) is 4.48. The van der Waals surface area contributed by atoms with Crippen LogP contribution in [-0.4, -0.2) is 17.3 Å². The largest absolute Gasteiger partial charge is 0.488 e. The van der Waals surface area contributed by atoms with Crippen LogP contribution in [0.4, 0.5) is 0 Å². The Morgan fingerprint density at radius 1 is 1.43 bits per heavy atom. The molecule has 0 fully saturated rings. The molecule has 0 aromatic heterocycles. The summed E-state index contributed by atoms with van der Waals surface area (Å²) in [5, 5.41) is 9.31. The van der Waals surface area contributed by atoms with Crippen LogP contribution in [0.2, 0.25) is 0 Å². The minimum atomic E-state index is -0.165. The Hall–Kier alpha value is -1.02. The van der Waals surface area contributed by atoms with Gasteiger partial charge >= 0.3 is 0 Å². The van der Waals surface area contributed by atoms with E-state index in [2.05, 4.69) is 13.8 Å². The van der Waals surface area contributed by atoms with Crippen LogP contribution in [-0.2, 0) is 0 Å². The van der Waals surface area contributed by atoms with Gasteiger partial charge in [0, 0.05) is 5.92 Å². The third-order valence-electron chi connectivity index (χ3n) is 2.70. The van der Waals surface area contributed by atoms with Crippen LogP contribution in [0.3, 0.4) is 0 Å². The van der Waals surface area contributed by atoms with E-state index in [1.807, 2.05) is 24.3 Å².